The highest BCUT2D eigenvalue weighted by atomic mass is 79.9. The van der Waals surface area contributed by atoms with Crippen LogP contribution < -0.4 is 19.7 Å². The van der Waals surface area contributed by atoms with E-state index in [0.29, 0.717) is 33.8 Å². The van der Waals surface area contributed by atoms with E-state index < -0.39 is 5.91 Å². The molecule has 0 aliphatic carbocycles. The second-order valence-electron chi connectivity index (χ2n) is 6.48. The van der Waals surface area contributed by atoms with E-state index in [1.807, 2.05) is 30.3 Å². The Morgan fingerprint density at radius 3 is 2.48 bits per heavy atom. The number of methoxy groups -OCH3 is 1. The Balaban J connectivity index is 2.23. The van der Waals surface area contributed by atoms with E-state index in [1.54, 1.807) is 18.2 Å². The van der Waals surface area contributed by atoms with Gasteiger partial charge in [-0.15, -0.1) is 0 Å². The Bertz CT molecular complexity index is 990. The van der Waals surface area contributed by atoms with Crippen LogP contribution in [0.1, 0.15) is 19.4 Å². The SMILES string of the molecule is C=CCOc1c(Br)cc(/C=C(/C#N)C(=O)Nc2ccc(N(CC)CC)cc2)cc1OC. The van der Waals surface area contributed by atoms with Gasteiger partial charge in [-0.05, 0) is 77.8 Å². The van der Waals surface area contributed by atoms with Gasteiger partial charge in [-0.3, -0.25) is 4.79 Å². The molecule has 0 bridgehead atoms. The average molecular weight is 484 g/mol. The number of carbonyl (C=O) groups is 1. The second kappa shape index (κ2) is 11.8. The number of nitriles is 1. The van der Waals surface area contributed by atoms with Gasteiger partial charge in [0.05, 0.1) is 11.6 Å². The van der Waals surface area contributed by atoms with Gasteiger partial charge in [0.25, 0.3) is 5.91 Å². The van der Waals surface area contributed by atoms with Gasteiger partial charge in [0, 0.05) is 24.5 Å². The zero-order chi connectivity index (χ0) is 22.8. The Morgan fingerprint density at radius 1 is 1.26 bits per heavy atom. The van der Waals surface area contributed by atoms with Crippen molar-refractivity contribution in [3.05, 3.63) is 64.7 Å². The summed E-state index contributed by atoms with van der Waals surface area (Å²) in [5, 5.41) is 12.3. The first kappa shape index (κ1) is 24.0. The summed E-state index contributed by atoms with van der Waals surface area (Å²) in [5.74, 6) is 0.517. The van der Waals surface area contributed by atoms with Gasteiger partial charge in [-0.2, -0.15) is 5.26 Å². The molecule has 0 saturated carbocycles. The van der Waals surface area contributed by atoms with Crippen LogP contribution in [0.4, 0.5) is 11.4 Å². The summed E-state index contributed by atoms with van der Waals surface area (Å²) in [5.41, 5.74) is 2.29. The fourth-order valence-corrected chi connectivity index (χ4v) is 3.54. The number of nitrogens with one attached hydrogen (secondary N) is 1. The number of ether oxygens (including phenoxy) is 2. The molecular weight excluding hydrogens is 458 g/mol. The lowest BCUT2D eigenvalue weighted by atomic mass is 10.1. The van der Waals surface area contributed by atoms with Gasteiger partial charge < -0.3 is 19.7 Å². The molecular formula is C24H26BrN3O3. The van der Waals surface area contributed by atoms with Crippen molar-refractivity contribution in [2.24, 2.45) is 0 Å². The number of rotatable bonds is 10. The molecule has 0 fully saturated rings. The summed E-state index contributed by atoms with van der Waals surface area (Å²) in [6, 6.07) is 13.0. The summed E-state index contributed by atoms with van der Waals surface area (Å²) in [7, 11) is 1.52. The van der Waals surface area contributed by atoms with Crippen LogP contribution >= 0.6 is 15.9 Å². The molecule has 0 aliphatic rings. The van der Waals surface area contributed by atoms with Crippen molar-refractivity contribution in [2.45, 2.75) is 13.8 Å². The Labute approximate surface area is 191 Å². The standard InChI is InChI=1S/C24H26BrN3O3/c1-5-12-31-23-21(25)14-17(15-22(23)30-4)13-18(16-26)24(29)27-19-8-10-20(11-9-19)28(6-2)7-3/h5,8-11,13-15H,1,6-7,12H2,2-4H3,(H,27,29)/b18-13-. The molecule has 31 heavy (non-hydrogen) atoms. The lowest BCUT2D eigenvalue weighted by molar-refractivity contribution is -0.112. The zero-order valence-electron chi connectivity index (χ0n) is 17.9. The van der Waals surface area contributed by atoms with Crippen LogP contribution in [-0.2, 0) is 4.79 Å². The van der Waals surface area contributed by atoms with Crippen LogP contribution in [0.3, 0.4) is 0 Å². The van der Waals surface area contributed by atoms with E-state index in [2.05, 4.69) is 46.6 Å². The minimum atomic E-state index is -0.486. The lowest BCUT2D eigenvalue weighted by Gasteiger charge is -2.21. The minimum Gasteiger partial charge on any atom is -0.493 e. The summed E-state index contributed by atoms with van der Waals surface area (Å²) in [6.45, 7) is 9.94. The van der Waals surface area contributed by atoms with Gasteiger partial charge in [0.1, 0.15) is 18.2 Å². The quantitative estimate of drug-likeness (QED) is 0.277. The van der Waals surface area contributed by atoms with Gasteiger partial charge in [0.2, 0.25) is 0 Å². The number of nitrogens with zero attached hydrogens (tertiary/aromatic N) is 2. The van der Waals surface area contributed by atoms with Crippen molar-refractivity contribution < 1.29 is 14.3 Å². The summed E-state index contributed by atoms with van der Waals surface area (Å²) in [4.78, 5) is 14.8. The van der Waals surface area contributed by atoms with Crippen molar-refractivity contribution in [1.29, 1.82) is 5.26 Å². The third-order valence-corrected chi connectivity index (χ3v) is 5.12. The highest BCUT2D eigenvalue weighted by molar-refractivity contribution is 9.10. The first-order valence-electron chi connectivity index (χ1n) is 9.86. The van der Waals surface area contributed by atoms with Crippen LogP contribution in [0.2, 0.25) is 0 Å². The van der Waals surface area contributed by atoms with Crippen molar-refractivity contribution >= 4 is 39.3 Å². The Morgan fingerprint density at radius 2 is 1.94 bits per heavy atom. The molecule has 0 aromatic heterocycles. The van der Waals surface area contributed by atoms with Crippen molar-refractivity contribution in [1.82, 2.24) is 0 Å². The van der Waals surface area contributed by atoms with Crippen LogP contribution in [-0.4, -0.2) is 32.7 Å². The largest absolute Gasteiger partial charge is 0.493 e. The molecule has 0 spiro atoms. The fraction of sp³-hybridized carbons (Fsp3) is 0.250. The molecule has 6 nitrogen and oxygen atoms in total. The highest BCUT2D eigenvalue weighted by Crippen LogP contribution is 2.37. The smallest absolute Gasteiger partial charge is 0.266 e. The van der Waals surface area contributed by atoms with Crippen molar-refractivity contribution in [2.75, 3.05) is 37.0 Å². The topological polar surface area (TPSA) is 74.6 Å². The maximum atomic E-state index is 12.6. The minimum absolute atomic E-state index is 0.0264. The van der Waals surface area contributed by atoms with E-state index in [4.69, 9.17) is 9.47 Å². The van der Waals surface area contributed by atoms with Gasteiger partial charge in [-0.1, -0.05) is 12.7 Å². The third kappa shape index (κ3) is 6.37. The van der Waals surface area contributed by atoms with Crippen molar-refractivity contribution in [3.63, 3.8) is 0 Å². The molecule has 0 aliphatic heterocycles. The van der Waals surface area contributed by atoms with Crippen LogP contribution in [0.15, 0.2) is 59.1 Å². The summed E-state index contributed by atoms with van der Waals surface area (Å²) < 4.78 is 11.6. The second-order valence-corrected chi connectivity index (χ2v) is 7.33. The first-order chi connectivity index (χ1) is 15.0. The third-order valence-electron chi connectivity index (χ3n) is 4.53. The van der Waals surface area contributed by atoms with Gasteiger partial charge in [-0.25, -0.2) is 0 Å². The van der Waals surface area contributed by atoms with Gasteiger partial charge >= 0.3 is 0 Å². The van der Waals surface area contributed by atoms with Gasteiger partial charge in [0.15, 0.2) is 11.5 Å². The van der Waals surface area contributed by atoms with E-state index in [9.17, 15) is 10.1 Å². The highest BCUT2D eigenvalue weighted by Gasteiger charge is 2.14. The lowest BCUT2D eigenvalue weighted by Crippen LogP contribution is -2.21. The Hall–Kier alpha value is -3.24. The number of hydrogen-bond acceptors (Lipinski definition) is 5. The van der Waals surface area contributed by atoms with E-state index in [0.717, 1.165) is 18.8 Å². The number of amides is 1. The maximum Gasteiger partial charge on any atom is 0.266 e. The molecule has 0 heterocycles. The molecule has 1 N–H and O–H groups in total. The fourth-order valence-electron chi connectivity index (χ4n) is 2.96. The maximum absolute atomic E-state index is 12.6. The van der Waals surface area contributed by atoms with Crippen LogP contribution in [0, 0.1) is 11.3 Å². The number of halogens is 1. The number of anilines is 2. The molecule has 7 heteroatoms. The predicted molar refractivity (Wildman–Crippen MR) is 129 cm³/mol. The van der Waals surface area contributed by atoms with E-state index >= 15 is 0 Å². The normalized spacial score (nSPS) is 10.7. The molecule has 162 valence electrons. The molecule has 2 aromatic carbocycles. The number of carbonyl (C=O) groups excluding carboxylic acids is 1. The van der Waals surface area contributed by atoms with Crippen LogP contribution in [0.25, 0.3) is 6.08 Å². The Kier molecular flexibility index (Phi) is 9.16. The molecule has 2 rings (SSSR count). The predicted octanol–water partition coefficient (Wildman–Crippen LogP) is 5.41. The molecule has 0 unspecified atom stereocenters. The number of hydrogen-bond donors (Lipinski definition) is 1. The summed E-state index contributed by atoms with van der Waals surface area (Å²) >= 11 is 3.45. The summed E-state index contributed by atoms with van der Waals surface area (Å²) in [6.07, 6.45) is 3.14. The molecule has 0 saturated heterocycles. The van der Waals surface area contributed by atoms with E-state index in [1.165, 1.54) is 13.2 Å². The van der Waals surface area contributed by atoms with E-state index in [-0.39, 0.29) is 5.57 Å². The van der Waals surface area contributed by atoms with Crippen LogP contribution in [0.5, 0.6) is 11.5 Å². The molecule has 0 radical (unpaired) electrons. The monoisotopic (exact) mass is 483 g/mol. The zero-order valence-corrected chi connectivity index (χ0v) is 19.5. The molecule has 2 aromatic rings. The molecule has 1 amide bonds. The average Bonchev–Trinajstić information content (AvgIpc) is 2.78. The van der Waals surface area contributed by atoms with Crippen molar-refractivity contribution in [3.8, 4) is 17.6 Å². The molecule has 0 atom stereocenters. The first-order valence-corrected chi connectivity index (χ1v) is 10.7. The number of benzene rings is 2.